The van der Waals surface area contributed by atoms with E-state index in [1.807, 2.05) is 36.4 Å². The third kappa shape index (κ3) is 4.17. The molecule has 0 aromatic heterocycles. The summed E-state index contributed by atoms with van der Waals surface area (Å²) in [4.78, 5) is 12.0. The summed E-state index contributed by atoms with van der Waals surface area (Å²) in [5, 5.41) is 6.05. The van der Waals surface area contributed by atoms with Crippen molar-refractivity contribution in [2.45, 2.75) is 18.9 Å². The van der Waals surface area contributed by atoms with Crippen LogP contribution in [0, 0.1) is 0 Å². The van der Waals surface area contributed by atoms with E-state index < -0.39 is 5.54 Å². The third-order valence-electron chi connectivity index (χ3n) is 3.56. The monoisotopic (exact) mass is 282 g/mol. The SMILES string of the molecule is CNCC(=O)NC(C)(Cc1ccccc1)c1ccccc1. The van der Waals surface area contributed by atoms with Crippen molar-refractivity contribution in [3.63, 3.8) is 0 Å². The van der Waals surface area contributed by atoms with E-state index in [0.29, 0.717) is 6.54 Å². The first-order valence-electron chi connectivity index (χ1n) is 7.19. The van der Waals surface area contributed by atoms with E-state index >= 15 is 0 Å². The average molecular weight is 282 g/mol. The molecule has 0 aliphatic heterocycles. The minimum absolute atomic E-state index is 0.000200. The van der Waals surface area contributed by atoms with Gasteiger partial charge in [-0.1, -0.05) is 60.7 Å². The number of carbonyl (C=O) groups is 1. The van der Waals surface area contributed by atoms with Crippen molar-refractivity contribution >= 4 is 5.91 Å². The number of carbonyl (C=O) groups excluding carboxylic acids is 1. The quantitative estimate of drug-likeness (QED) is 0.854. The van der Waals surface area contributed by atoms with Crippen LogP contribution in [0.5, 0.6) is 0 Å². The molecule has 0 spiro atoms. The van der Waals surface area contributed by atoms with Crippen molar-refractivity contribution < 1.29 is 4.79 Å². The van der Waals surface area contributed by atoms with Gasteiger partial charge in [0.15, 0.2) is 0 Å². The van der Waals surface area contributed by atoms with Crippen LogP contribution in [0.3, 0.4) is 0 Å². The van der Waals surface area contributed by atoms with Gasteiger partial charge in [0.05, 0.1) is 12.1 Å². The smallest absolute Gasteiger partial charge is 0.234 e. The highest BCUT2D eigenvalue weighted by molar-refractivity contribution is 5.79. The first kappa shape index (κ1) is 15.3. The van der Waals surface area contributed by atoms with Crippen molar-refractivity contribution in [1.29, 1.82) is 0 Å². The molecule has 0 aliphatic carbocycles. The van der Waals surface area contributed by atoms with Gasteiger partial charge in [0.25, 0.3) is 0 Å². The first-order valence-corrected chi connectivity index (χ1v) is 7.19. The van der Waals surface area contributed by atoms with Gasteiger partial charge in [-0.15, -0.1) is 0 Å². The van der Waals surface area contributed by atoms with Crippen LogP contribution in [-0.4, -0.2) is 19.5 Å². The molecule has 2 aromatic rings. The number of rotatable bonds is 6. The predicted molar refractivity (Wildman–Crippen MR) is 86.0 cm³/mol. The highest BCUT2D eigenvalue weighted by atomic mass is 16.2. The van der Waals surface area contributed by atoms with Gasteiger partial charge in [0, 0.05) is 0 Å². The molecule has 2 N–H and O–H groups in total. The van der Waals surface area contributed by atoms with E-state index in [4.69, 9.17) is 0 Å². The van der Waals surface area contributed by atoms with Crippen LogP contribution in [0.25, 0.3) is 0 Å². The number of hydrogen-bond donors (Lipinski definition) is 2. The van der Waals surface area contributed by atoms with Crippen molar-refractivity contribution in [2.75, 3.05) is 13.6 Å². The van der Waals surface area contributed by atoms with Crippen LogP contribution in [0.1, 0.15) is 18.1 Å². The van der Waals surface area contributed by atoms with E-state index in [1.165, 1.54) is 5.56 Å². The summed E-state index contributed by atoms with van der Waals surface area (Å²) in [5.74, 6) is -0.000200. The van der Waals surface area contributed by atoms with Crippen LogP contribution >= 0.6 is 0 Å². The lowest BCUT2D eigenvalue weighted by atomic mass is 9.85. The van der Waals surface area contributed by atoms with Crippen LogP contribution < -0.4 is 10.6 Å². The summed E-state index contributed by atoms with van der Waals surface area (Å²) in [5.41, 5.74) is 1.89. The summed E-state index contributed by atoms with van der Waals surface area (Å²) < 4.78 is 0. The van der Waals surface area contributed by atoms with Gasteiger partial charge in [-0.25, -0.2) is 0 Å². The second kappa shape index (κ2) is 7.04. The number of amides is 1. The fourth-order valence-electron chi connectivity index (χ4n) is 2.54. The maximum Gasteiger partial charge on any atom is 0.234 e. The predicted octanol–water partition coefficient (Wildman–Crippen LogP) is 2.48. The third-order valence-corrected chi connectivity index (χ3v) is 3.56. The molecule has 21 heavy (non-hydrogen) atoms. The van der Waals surface area contributed by atoms with E-state index in [-0.39, 0.29) is 5.91 Å². The molecule has 2 aromatic carbocycles. The lowest BCUT2D eigenvalue weighted by molar-refractivity contribution is -0.122. The Kier molecular flexibility index (Phi) is 5.12. The molecule has 3 nitrogen and oxygen atoms in total. The largest absolute Gasteiger partial charge is 0.345 e. The number of benzene rings is 2. The van der Waals surface area contributed by atoms with Crippen molar-refractivity contribution in [3.8, 4) is 0 Å². The molecule has 0 saturated carbocycles. The summed E-state index contributed by atoms with van der Waals surface area (Å²) in [7, 11) is 1.77. The fourth-order valence-corrected chi connectivity index (χ4v) is 2.54. The second-order valence-electron chi connectivity index (χ2n) is 5.44. The lowest BCUT2D eigenvalue weighted by Gasteiger charge is -2.32. The normalized spacial score (nSPS) is 13.4. The van der Waals surface area contributed by atoms with Crippen LogP contribution in [0.2, 0.25) is 0 Å². The van der Waals surface area contributed by atoms with Crippen LogP contribution in [0.4, 0.5) is 0 Å². The molecule has 1 unspecified atom stereocenters. The van der Waals surface area contributed by atoms with E-state index in [9.17, 15) is 4.79 Å². The van der Waals surface area contributed by atoms with Crippen LogP contribution in [0.15, 0.2) is 60.7 Å². The molecule has 110 valence electrons. The zero-order valence-corrected chi connectivity index (χ0v) is 12.6. The molecule has 0 bridgehead atoms. The molecule has 1 amide bonds. The first-order chi connectivity index (χ1) is 10.1. The van der Waals surface area contributed by atoms with Gasteiger partial charge in [0.2, 0.25) is 5.91 Å². The fraction of sp³-hybridized carbons (Fsp3) is 0.278. The average Bonchev–Trinajstić information content (AvgIpc) is 2.49. The van der Waals surface area contributed by atoms with E-state index in [0.717, 1.165) is 12.0 Å². The summed E-state index contributed by atoms with van der Waals surface area (Å²) in [6, 6.07) is 20.3. The van der Waals surface area contributed by atoms with Gasteiger partial charge in [-0.3, -0.25) is 4.79 Å². The van der Waals surface area contributed by atoms with Crippen molar-refractivity contribution in [2.24, 2.45) is 0 Å². The molecule has 0 aliphatic rings. The minimum atomic E-state index is -0.420. The Hall–Kier alpha value is -2.13. The molecule has 0 radical (unpaired) electrons. The van der Waals surface area contributed by atoms with Gasteiger partial charge in [-0.2, -0.15) is 0 Å². The number of nitrogens with one attached hydrogen (secondary N) is 2. The Balaban J connectivity index is 2.27. The summed E-state index contributed by atoms with van der Waals surface area (Å²) >= 11 is 0. The Labute approximate surface area is 126 Å². The molecule has 0 heterocycles. The molecule has 3 heteroatoms. The number of hydrogen-bond acceptors (Lipinski definition) is 2. The van der Waals surface area contributed by atoms with Gasteiger partial charge < -0.3 is 10.6 Å². The van der Waals surface area contributed by atoms with Gasteiger partial charge >= 0.3 is 0 Å². The molecule has 0 fully saturated rings. The zero-order chi connectivity index (χ0) is 15.1. The lowest BCUT2D eigenvalue weighted by Crippen LogP contribution is -2.47. The van der Waals surface area contributed by atoms with E-state index in [2.05, 4.69) is 41.8 Å². The Morgan fingerprint density at radius 2 is 1.57 bits per heavy atom. The Bertz CT molecular complexity index is 568. The van der Waals surface area contributed by atoms with Gasteiger partial charge in [0.1, 0.15) is 0 Å². The maximum atomic E-state index is 12.0. The van der Waals surface area contributed by atoms with Crippen molar-refractivity contribution in [1.82, 2.24) is 10.6 Å². The number of likely N-dealkylation sites (N-methyl/N-ethyl adjacent to an activating group) is 1. The topological polar surface area (TPSA) is 41.1 Å². The highest BCUT2D eigenvalue weighted by Gasteiger charge is 2.28. The molecular formula is C18H22N2O. The highest BCUT2D eigenvalue weighted by Crippen LogP contribution is 2.25. The molecular weight excluding hydrogens is 260 g/mol. The zero-order valence-electron chi connectivity index (χ0n) is 12.6. The van der Waals surface area contributed by atoms with Crippen LogP contribution in [-0.2, 0) is 16.8 Å². The standard InChI is InChI=1S/C18H22N2O/c1-18(20-17(21)14-19-2,16-11-7-4-8-12-16)13-15-9-5-3-6-10-15/h3-12,19H,13-14H2,1-2H3,(H,20,21). The van der Waals surface area contributed by atoms with Crippen molar-refractivity contribution in [3.05, 3.63) is 71.8 Å². The second-order valence-corrected chi connectivity index (χ2v) is 5.44. The summed E-state index contributed by atoms with van der Waals surface area (Å²) in [6.07, 6.45) is 0.757. The maximum absolute atomic E-state index is 12.0. The molecule has 0 saturated heterocycles. The Morgan fingerprint density at radius 3 is 2.14 bits per heavy atom. The summed E-state index contributed by atoms with van der Waals surface area (Å²) in [6.45, 7) is 2.39. The molecule has 1 atom stereocenters. The molecule has 2 rings (SSSR count). The van der Waals surface area contributed by atoms with E-state index in [1.54, 1.807) is 7.05 Å². The van der Waals surface area contributed by atoms with Gasteiger partial charge in [-0.05, 0) is 31.5 Å². The Morgan fingerprint density at radius 1 is 1.00 bits per heavy atom. The minimum Gasteiger partial charge on any atom is -0.345 e.